The summed E-state index contributed by atoms with van der Waals surface area (Å²) in [6, 6.07) is 6.34. The summed E-state index contributed by atoms with van der Waals surface area (Å²) in [5, 5.41) is 0. The van der Waals surface area contributed by atoms with Crippen molar-refractivity contribution in [3.63, 3.8) is 0 Å². The van der Waals surface area contributed by atoms with Crippen LogP contribution in [0.5, 0.6) is 0 Å². The number of nitrogens with zero attached hydrogens (tertiary/aromatic N) is 2. The predicted octanol–water partition coefficient (Wildman–Crippen LogP) is 1.45. The molecule has 0 aromatic heterocycles. The van der Waals surface area contributed by atoms with Crippen LogP contribution in [0, 0.1) is 6.92 Å². The first-order valence-corrected chi connectivity index (χ1v) is 7.02. The number of nitrogen functional groups attached to an aromatic ring is 1. The Balaban J connectivity index is 2.17. The van der Waals surface area contributed by atoms with E-state index in [1.165, 1.54) is 0 Å². The van der Waals surface area contributed by atoms with Crippen molar-refractivity contribution in [1.29, 1.82) is 0 Å². The molecule has 2 rings (SSSR count). The molecule has 1 aliphatic heterocycles. The highest BCUT2D eigenvalue weighted by Crippen LogP contribution is 2.19. The Bertz CT molecular complexity index is 491. The van der Waals surface area contributed by atoms with Crippen LogP contribution in [0.3, 0.4) is 0 Å². The van der Waals surface area contributed by atoms with Gasteiger partial charge in [-0.15, -0.1) is 0 Å². The van der Waals surface area contributed by atoms with Gasteiger partial charge in [-0.1, -0.05) is 0 Å². The number of hydrazine groups is 1. The summed E-state index contributed by atoms with van der Waals surface area (Å²) >= 11 is 0. The number of hydrogen-bond acceptors (Lipinski definition) is 4. The fourth-order valence-electron chi connectivity index (χ4n) is 2.71. The standard InChI is InChI=1S/C15H24N4O/c1-10-7-13(5-6-14(10)17-16)15(20)19-8-11(2)18(4)12(3)9-19/h5-7,11-12,17H,8-9,16H2,1-4H3. The van der Waals surface area contributed by atoms with Crippen molar-refractivity contribution in [1.82, 2.24) is 9.80 Å². The lowest BCUT2D eigenvalue weighted by Crippen LogP contribution is -2.56. The third-order valence-corrected chi connectivity index (χ3v) is 4.28. The Hall–Kier alpha value is -1.59. The van der Waals surface area contributed by atoms with Gasteiger partial charge < -0.3 is 10.3 Å². The zero-order valence-corrected chi connectivity index (χ0v) is 12.7. The Morgan fingerprint density at radius 1 is 1.30 bits per heavy atom. The number of nitrogens with two attached hydrogens (primary N) is 1. The average molecular weight is 276 g/mol. The lowest BCUT2D eigenvalue weighted by molar-refractivity contribution is 0.0414. The molecular weight excluding hydrogens is 252 g/mol. The molecule has 20 heavy (non-hydrogen) atoms. The van der Waals surface area contributed by atoms with E-state index in [1.54, 1.807) is 0 Å². The van der Waals surface area contributed by atoms with Gasteiger partial charge >= 0.3 is 0 Å². The van der Waals surface area contributed by atoms with E-state index in [1.807, 2.05) is 30.0 Å². The Kier molecular flexibility index (Phi) is 4.30. The number of anilines is 1. The van der Waals surface area contributed by atoms with Crippen molar-refractivity contribution >= 4 is 11.6 Å². The third-order valence-electron chi connectivity index (χ3n) is 4.28. The summed E-state index contributed by atoms with van der Waals surface area (Å²) in [5.74, 6) is 5.52. The molecule has 0 radical (unpaired) electrons. The van der Waals surface area contributed by atoms with Gasteiger partial charge in [-0.05, 0) is 51.6 Å². The zero-order chi connectivity index (χ0) is 14.9. The molecule has 0 spiro atoms. The van der Waals surface area contributed by atoms with Crippen molar-refractivity contribution in [2.45, 2.75) is 32.9 Å². The predicted molar refractivity (Wildman–Crippen MR) is 81.6 cm³/mol. The Morgan fingerprint density at radius 3 is 2.40 bits per heavy atom. The third kappa shape index (κ3) is 2.78. The van der Waals surface area contributed by atoms with E-state index in [4.69, 9.17) is 5.84 Å². The molecule has 1 aromatic carbocycles. The minimum Gasteiger partial charge on any atom is -0.336 e. The lowest BCUT2D eigenvalue weighted by atomic mass is 10.1. The maximum Gasteiger partial charge on any atom is 0.253 e. The molecule has 3 N–H and O–H groups in total. The summed E-state index contributed by atoms with van der Waals surface area (Å²) in [6.45, 7) is 7.80. The topological polar surface area (TPSA) is 61.6 Å². The van der Waals surface area contributed by atoms with Gasteiger partial charge in [-0.25, -0.2) is 0 Å². The smallest absolute Gasteiger partial charge is 0.253 e. The van der Waals surface area contributed by atoms with E-state index in [9.17, 15) is 4.79 Å². The van der Waals surface area contributed by atoms with Crippen LogP contribution in [0.4, 0.5) is 5.69 Å². The van der Waals surface area contributed by atoms with Gasteiger partial charge in [0.1, 0.15) is 0 Å². The summed E-state index contributed by atoms with van der Waals surface area (Å²) in [4.78, 5) is 16.9. The minimum absolute atomic E-state index is 0.100. The number of piperazine rings is 1. The van der Waals surface area contributed by atoms with Crippen LogP contribution in [-0.2, 0) is 0 Å². The second-order valence-corrected chi connectivity index (χ2v) is 5.75. The quantitative estimate of drug-likeness (QED) is 0.634. The first-order chi connectivity index (χ1) is 9.43. The largest absolute Gasteiger partial charge is 0.336 e. The molecule has 0 bridgehead atoms. The molecule has 110 valence electrons. The van der Waals surface area contributed by atoms with Crippen molar-refractivity contribution in [3.8, 4) is 0 Å². The Morgan fingerprint density at radius 2 is 1.90 bits per heavy atom. The van der Waals surface area contributed by atoms with Crippen molar-refractivity contribution in [3.05, 3.63) is 29.3 Å². The van der Waals surface area contributed by atoms with E-state index >= 15 is 0 Å². The SMILES string of the molecule is Cc1cc(C(=O)N2CC(C)N(C)C(C)C2)ccc1NN. The molecule has 2 unspecified atom stereocenters. The number of carbonyl (C=O) groups excluding carboxylic acids is 1. The van der Waals surface area contributed by atoms with E-state index in [-0.39, 0.29) is 5.91 Å². The number of likely N-dealkylation sites (N-methyl/N-ethyl adjacent to an activating group) is 1. The summed E-state index contributed by atoms with van der Waals surface area (Å²) in [5.41, 5.74) is 5.19. The minimum atomic E-state index is 0.100. The molecule has 0 aliphatic carbocycles. The van der Waals surface area contributed by atoms with Crippen LogP contribution in [0.2, 0.25) is 0 Å². The van der Waals surface area contributed by atoms with Gasteiger partial charge in [-0.2, -0.15) is 0 Å². The molecule has 1 heterocycles. The number of carbonyl (C=O) groups is 1. The second-order valence-electron chi connectivity index (χ2n) is 5.75. The first-order valence-electron chi connectivity index (χ1n) is 7.02. The van der Waals surface area contributed by atoms with Gasteiger partial charge in [0.25, 0.3) is 5.91 Å². The van der Waals surface area contributed by atoms with Gasteiger partial charge in [0.2, 0.25) is 0 Å². The Labute approximate surface area is 120 Å². The van der Waals surface area contributed by atoms with E-state index in [2.05, 4.69) is 31.2 Å². The average Bonchev–Trinajstić information content (AvgIpc) is 2.43. The molecular formula is C15H24N4O. The van der Waals surface area contributed by atoms with E-state index in [0.717, 1.165) is 29.9 Å². The van der Waals surface area contributed by atoms with E-state index < -0.39 is 0 Å². The fraction of sp³-hybridized carbons (Fsp3) is 0.533. The van der Waals surface area contributed by atoms with Crippen LogP contribution in [0.1, 0.15) is 29.8 Å². The van der Waals surface area contributed by atoms with Gasteiger partial charge in [0.15, 0.2) is 0 Å². The normalized spacial score (nSPS) is 23.8. The summed E-state index contributed by atoms with van der Waals surface area (Å²) in [7, 11) is 2.11. The molecule has 1 fully saturated rings. The van der Waals surface area contributed by atoms with Crippen LogP contribution < -0.4 is 11.3 Å². The first kappa shape index (κ1) is 14.8. The second kappa shape index (κ2) is 5.81. The molecule has 1 saturated heterocycles. The maximum atomic E-state index is 12.6. The number of aryl methyl sites for hydroxylation is 1. The molecule has 5 nitrogen and oxygen atoms in total. The zero-order valence-electron chi connectivity index (χ0n) is 12.7. The molecule has 1 aliphatic rings. The number of hydrogen-bond donors (Lipinski definition) is 2. The number of benzene rings is 1. The highest BCUT2D eigenvalue weighted by Gasteiger charge is 2.29. The number of rotatable bonds is 2. The monoisotopic (exact) mass is 276 g/mol. The molecule has 1 aromatic rings. The molecule has 2 atom stereocenters. The van der Waals surface area contributed by atoms with Crippen molar-refractivity contribution in [2.24, 2.45) is 5.84 Å². The number of amides is 1. The molecule has 5 heteroatoms. The lowest BCUT2D eigenvalue weighted by Gasteiger charge is -2.42. The van der Waals surface area contributed by atoms with Crippen LogP contribution in [-0.4, -0.2) is 47.9 Å². The number of nitrogens with one attached hydrogen (secondary N) is 1. The fourth-order valence-corrected chi connectivity index (χ4v) is 2.71. The van der Waals surface area contributed by atoms with Crippen LogP contribution in [0.15, 0.2) is 18.2 Å². The summed E-state index contributed by atoms with van der Waals surface area (Å²) < 4.78 is 0. The molecule has 0 saturated carbocycles. The van der Waals surface area contributed by atoms with Gasteiger partial charge in [0, 0.05) is 30.7 Å². The van der Waals surface area contributed by atoms with Crippen molar-refractivity contribution < 1.29 is 4.79 Å². The van der Waals surface area contributed by atoms with Gasteiger partial charge in [-0.3, -0.25) is 15.5 Å². The van der Waals surface area contributed by atoms with Gasteiger partial charge in [0.05, 0.1) is 5.69 Å². The maximum absolute atomic E-state index is 12.6. The van der Waals surface area contributed by atoms with Crippen molar-refractivity contribution in [2.75, 3.05) is 25.6 Å². The molecule has 1 amide bonds. The van der Waals surface area contributed by atoms with Crippen LogP contribution >= 0.6 is 0 Å². The highest BCUT2D eigenvalue weighted by atomic mass is 16.2. The van der Waals surface area contributed by atoms with Crippen LogP contribution in [0.25, 0.3) is 0 Å². The summed E-state index contributed by atoms with van der Waals surface area (Å²) in [6.07, 6.45) is 0. The van der Waals surface area contributed by atoms with E-state index in [0.29, 0.717) is 12.1 Å². The highest BCUT2D eigenvalue weighted by molar-refractivity contribution is 5.95.